The molecular weight excluding hydrogens is 254 g/mol. The Morgan fingerprint density at radius 2 is 1.24 bits per heavy atom. The second-order valence-electron chi connectivity index (χ2n) is 3.44. The molecule has 0 bridgehead atoms. The summed E-state index contributed by atoms with van der Waals surface area (Å²) in [6.07, 6.45) is -7.67. The van der Waals surface area contributed by atoms with E-state index in [2.05, 4.69) is 9.47 Å². The van der Waals surface area contributed by atoms with Gasteiger partial charge in [0, 0.05) is 5.92 Å². The predicted molar refractivity (Wildman–Crippen MR) is 47.5 cm³/mol. The quantitative estimate of drug-likeness (QED) is 0.598. The highest BCUT2D eigenvalue weighted by atomic mass is 19.3. The van der Waals surface area contributed by atoms with E-state index in [-0.39, 0.29) is 6.42 Å². The third-order valence-electron chi connectivity index (χ3n) is 1.95. The molecule has 104 valence electrons. The second-order valence-corrected chi connectivity index (χ2v) is 3.44. The van der Waals surface area contributed by atoms with Gasteiger partial charge in [0.1, 0.15) is 0 Å². The fourth-order valence-electron chi connectivity index (χ4n) is 0.841. The van der Waals surface area contributed by atoms with Crippen molar-refractivity contribution in [2.45, 2.75) is 25.6 Å². The Labute approximate surface area is 94.9 Å². The molecule has 0 amide bonds. The molecule has 2 nitrogen and oxygen atoms in total. The van der Waals surface area contributed by atoms with Crippen LogP contribution >= 0.6 is 0 Å². The number of alkyl halides is 6. The Kier molecular flexibility index (Phi) is 6.84. The van der Waals surface area contributed by atoms with Gasteiger partial charge in [0.25, 0.3) is 0 Å². The maximum Gasteiger partial charge on any atom is 0.384 e. The molecule has 0 aliphatic carbocycles. The lowest BCUT2D eigenvalue weighted by Crippen LogP contribution is -2.31. The molecule has 0 heterocycles. The second kappa shape index (κ2) is 7.05. The number of halogens is 6. The highest BCUT2D eigenvalue weighted by Gasteiger charge is 2.33. The van der Waals surface area contributed by atoms with E-state index in [1.165, 1.54) is 6.92 Å². The topological polar surface area (TPSA) is 18.5 Å². The third-order valence-corrected chi connectivity index (χ3v) is 1.95. The van der Waals surface area contributed by atoms with Crippen molar-refractivity contribution in [1.82, 2.24) is 0 Å². The summed E-state index contributed by atoms with van der Waals surface area (Å²) in [7, 11) is 0. The highest BCUT2D eigenvalue weighted by molar-refractivity contribution is 4.59. The molecule has 0 saturated carbocycles. The van der Waals surface area contributed by atoms with Gasteiger partial charge in [-0.2, -0.15) is 17.6 Å². The van der Waals surface area contributed by atoms with Crippen molar-refractivity contribution in [3.8, 4) is 0 Å². The van der Waals surface area contributed by atoms with Crippen LogP contribution in [0.4, 0.5) is 26.3 Å². The van der Waals surface area contributed by atoms with Crippen LogP contribution < -0.4 is 0 Å². The number of ether oxygens (including phenoxy) is 2. The highest BCUT2D eigenvalue weighted by Crippen LogP contribution is 2.21. The van der Waals surface area contributed by atoms with Gasteiger partial charge in [-0.05, 0) is 6.42 Å². The minimum Gasteiger partial charge on any atom is -0.318 e. The SMILES string of the molecule is CCC(COC(F)(F)CF)COC(F)(F)CF. The molecule has 8 heteroatoms. The summed E-state index contributed by atoms with van der Waals surface area (Å²) >= 11 is 0. The van der Waals surface area contributed by atoms with Crippen molar-refractivity contribution >= 4 is 0 Å². The van der Waals surface area contributed by atoms with Crippen molar-refractivity contribution in [3.05, 3.63) is 0 Å². The summed E-state index contributed by atoms with van der Waals surface area (Å²) in [6, 6.07) is 0. The van der Waals surface area contributed by atoms with Crippen molar-refractivity contribution in [1.29, 1.82) is 0 Å². The minimum absolute atomic E-state index is 0.199. The summed E-state index contributed by atoms with van der Waals surface area (Å²) < 4.78 is 80.5. The van der Waals surface area contributed by atoms with E-state index >= 15 is 0 Å². The zero-order valence-corrected chi connectivity index (χ0v) is 9.20. The fourth-order valence-corrected chi connectivity index (χ4v) is 0.841. The fraction of sp³-hybridized carbons (Fsp3) is 1.00. The van der Waals surface area contributed by atoms with Gasteiger partial charge in [-0.15, -0.1) is 0 Å². The standard InChI is InChI=1S/C9H14F6O2/c1-2-7(3-16-8(12,13)5-10)4-17-9(14,15)6-11/h7H,2-6H2,1H3. The molecule has 0 N–H and O–H groups in total. The molecule has 0 aliphatic heterocycles. The smallest absolute Gasteiger partial charge is 0.318 e. The zero-order valence-electron chi connectivity index (χ0n) is 9.20. The van der Waals surface area contributed by atoms with Crippen LogP contribution in [0.15, 0.2) is 0 Å². The largest absolute Gasteiger partial charge is 0.384 e. The van der Waals surface area contributed by atoms with E-state index < -0.39 is 44.7 Å². The van der Waals surface area contributed by atoms with Crippen LogP contribution in [0.1, 0.15) is 13.3 Å². The molecule has 0 fully saturated rings. The summed E-state index contributed by atoms with van der Waals surface area (Å²) in [6.45, 7) is -3.75. The third kappa shape index (κ3) is 7.43. The average Bonchev–Trinajstić information content (AvgIpc) is 2.29. The van der Waals surface area contributed by atoms with Gasteiger partial charge in [-0.3, -0.25) is 0 Å². The number of hydrogen-bond donors (Lipinski definition) is 0. The molecule has 0 atom stereocenters. The van der Waals surface area contributed by atoms with Crippen LogP contribution in [-0.2, 0) is 9.47 Å². The lowest BCUT2D eigenvalue weighted by molar-refractivity contribution is -0.271. The van der Waals surface area contributed by atoms with Gasteiger partial charge >= 0.3 is 12.2 Å². The summed E-state index contributed by atoms with van der Waals surface area (Å²) in [4.78, 5) is 0. The molecule has 17 heavy (non-hydrogen) atoms. The van der Waals surface area contributed by atoms with Gasteiger partial charge in [0.15, 0.2) is 13.3 Å². The van der Waals surface area contributed by atoms with E-state index in [1.54, 1.807) is 0 Å². The predicted octanol–water partition coefficient (Wildman–Crippen LogP) is 3.17. The van der Waals surface area contributed by atoms with Crippen LogP contribution in [0, 0.1) is 5.92 Å². The molecule has 0 unspecified atom stereocenters. The average molecular weight is 268 g/mol. The lowest BCUT2D eigenvalue weighted by Gasteiger charge is -2.21. The molecule has 0 rings (SSSR count). The minimum atomic E-state index is -3.93. The summed E-state index contributed by atoms with van der Waals surface area (Å²) in [5, 5.41) is 0. The molecule has 0 aromatic carbocycles. The molecule has 0 radical (unpaired) electrons. The van der Waals surface area contributed by atoms with E-state index in [1.807, 2.05) is 0 Å². The molecule has 0 aromatic rings. The molecule has 0 spiro atoms. The molecule has 0 aromatic heterocycles. The van der Waals surface area contributed by atoms with Crippen molar-refractivity contribution in [2.75, 3.05) is 26.6 Å². The maximum absolute atomic E-state index is 12.3. The van der Waals surface area contributed by atoms with Crippen molar-refractivity contribution < 1.29 is 35.8 Å². The van der Waals surface area contributed by atoms with Crippen LogP contribution in [0.5, 0.6) is 0 Å². The van der Waals surface area contributed by atoms with Gasteiger partial charge in [-0.25, -0.2) is 8.78 Å². The Bertz CT molecular complexity index is 192. The van der Waals surface area contributed by atoms with Crippen molar-refractivity contribution in [2.24, 2.45) is 5.92 Å². The lowest BCUT2D eigenvalue weighted by atomic mass is 10.1. The Morgan fingerprint density at radius 1 is 0.882 bits per heavy atom. The summed E-state index contributed by atoms with van der Waals surface area (Å²) in [5.74, 6) is -0.787. The van der Waals surface area contributed by atoms with Gasteiger partial charge in [0.05, 0.1) is 13.2 Å². The van der Waals surface area contributed by atoms with Crippen LogP contribution in [0.25, 0.3) is 0 Å². The van der Waals surface area contributed by atoms with E-state index in [0.29, 0.717) is 0 Å². The Balaban J connectivity index is 4.01. The van der Waals surface area contributed by atoms with E-state index in [0.717, 1.165) is 0 Å². The normalized spacial score (nSPS) is 13.4. The maximum atomic E-state index is 12.3. The van der Waals surface area contributed by atoms with Gasteiger partial charge in [-0.1, -0.05) is 6.92 Å². The first kappa shape index (κ1) is 16.5. The number of rotatable bonds is 9. The van der Waals surface area contributed by atoms with Crippen LogP contribution in [0.3, 0.4) is 0 Å². The van der Waals surface area contributed by atoms with Crippen LogP contribution in [-0.4, -0.2) is 38.8 Å². The first-order chi connectivity index (χ1) is 7.76. The summed E-state index contributed by atoms with van der Waals surface area (Å²) in [5.41, 5.74) is 0. The molecular formula is C9H14F6O2. The van der Waals surface area contributed by atoms with E-state index in [9.17, 15) is 26.3 Å². The number of hydrogen-bond acceptors (Lipinski definition) is 2. The Morgan fingerprint density at radius 3 is 1.47 bits per heavy atom. The van der Waals surface area contributed by atoms with Gasteiger partial charge < -0.3 is 9.47 Å². The first-order valence-electron chi connectivity index (χ1n) is 4.92. The van der Waals surface area contributed by atoms with E-state index in [4.69, 9.17) is 0 Å². The zero-order chi connectivity index (χ0) is 13.5. The van der Waals surface area contributed by atoms with Crippen LogP contribution in [0.2, 0.25) is 0 Å². The first-order valence-corrected chi connectivity index (χ1v) is 4.92. The monoisotopic (exact) mass is 268 g/mol. The Hall–Kier alpha value is -0.500. The molecule has 0 aliphatic rings. The van der Waals surface area contributed by atoms with Gasteiger partial charge in [0.2, 0.25) is 0 Å². The van der Waals surface area contributed by atoms with Crippen molar-refractivity contribution in [3.63, 3.8) is 0 Å². The molecule has 0 saturated heterocycles.